The van der Waals surface area contributed by atoms with E-state index in [9.17, 15) is 0 Å². The molecule has 3 rings (SSSR count). The van der Waals surface area contributed by atoms with E-state index in [0.29, 0.717) is 13.2 Å². The summed E-state index contributed by atoms with van der Waals surface area (Å²) in [6.45, 7) is 5.49. The second-order valence-corrected chi connectivity index (χ2v) is 5.37. The summed E-state index contributed by atoms with van der Waals surface area (Å²) in [4.78, 5) is 0. The molecule has 3 nitrogen and oxygen atoms in total. The van der Waals surface area contributed by atoms with Gasteiger partial charge in [0.25, 0.3) is 0 Å². The molecule has 1 aliphatic heterocycles. The van der Waals surface area contributed by atoms with Crippen molar-refractivity contribution in [1.82, 2.24) is 0 Å². The highest BCUT2D eigenvalue weighted by atomic mass is 16.6. The lowest BCUT2D eigenvalue weighted by atomic mass is 9.97. The van der Waals surface area contributed by atoms with Gasteiger partial charge in [0.2, 0.25) is 0 Å². The van der Waals surface area contributed by atoms with Crippen LogP contribution in [-0.2, 0) is 6.42 Å². The lowest BCUT2D eigenvalue weighted by Crippen LogP contribution is -2.26. The van der Waals surface area contributed by atoms with E-state index in [1.807, 2.05) is 0 Å². The fourth-order valence-electron chi connectivity index (χ4n) is 2.40. The molecule has 2 N–H and O–H groups in total. The van der Waals surface area contributed by atoms with Crippen molar-refractivity contribution < 1.29 is 9.47 Å². The minimum Gasteiger partial charge on any atom is -0.486 e. The second kappa shape index (κ2) is 3.64. The Morgan fingerprint density at radius 3 is 2.47 bits per heavy atom. The molecule has 1 aliphatic carbocycles. The van der Waals surface area contributed by atoms with Crippen molar-refractivity contribution in [1.29, 1.82) is 0 Å². The maximum absolute atomic E-state index is 6.20. The van der Waals surface area contributed by atoms with E-state index >= 15 is 0 Å². The molecule has 1 aromatic carbocycles. The highest BCUT2D eigenvalue weighted by Gasteiger charge is 2.39. The van der Waals surface area contributed by atoms with Gasteiger partial charge in [0.05, 0.1) is 0 Å². The molecule has 1 heterocycles. The van der Waals surface area contributed by atoms with Crippen LogP contribution >= 0.6 is 0 Å². The maximum Gasteiger partial charge on any atom is 0.164 e. The van der Waals surface area contributed by atoms with E-state index in [2.05, 4.69) is 19.9 Å². The number of hydrogen-bond donors (Lipinski definition) is 1. The maximum atomic E-state index is 6.20. The molecule has 17 heavy (non-hydrogen) atoms. The standard InChI is InChI=1S/C14H19NO2/c1-9-7-11(8-14(15)3-4-14)13-12(10(9)2)16-5-6-17-13/h7H,3-6,8,15H2,1-2H3. The van der Waals surface area contributed by atoms with E-state index in [0.717, 1.165) is 30.8 Å². The molecular formula is C14H19NO2. The van der Waals surface area contributed by atoms with E-state index in [1.165, 1.54) is 16.7 Å². The number of hydrogen-bond acceptors (Lipinski definition) is 3. The van der Waals surface area contributed by atoms with Gasteiger partial charge in [0.15, 0.2) is 11.5 Å². The monoisotopic (exact) mass is 233 g/mol. The van der Waals surface area contributed by atoms with Crippen molar-refractivity contribution in [3.05, 3.63) is 22.8 Å². The van der Waals surface area contributed by atoms with Crippen molar-refractivity contribution in [3.8, 4) is 11.5 Å². The van der Waals surface area contributed by atoms with Crippen LogP contribution in [0, 0.1) is 13.8 Å². The highest BCUT2D eigenvalue weighted by Crippen LogP contribution is 2.43. The van der Waals surface area contributed by atoms with Crippen molar-refractivity contribution in [3.63, 3.8) is 0 Å². The van der Waals surface area contributed by atoms with Gasteiger partial charge < -0.3 is 15.2 Å². The van der Waals surface area contributed by atoms with Gasteiger partial charge in [-0.05, 0) is 44.2 Å². The first-order chi connectivity index (χ1) is 8.09. The molecule has 92 valence electrons. The lowest BCUT2D eigenvalue weighted by Gasteiger charge is -2.25. The molecule has 1 fully saturated rings. The van der Waals surface area contributed by atoms with Gasteiger partial charge in [-0.25, -0.2) is 0 Å². The normalized spacial score (nSPS) is 20.2. The fourth-order valence-corrected chi connectivity index (χ4v) is 2.40. The summed E-state index contributed by atoms with van der Waals surface area (Å²) in [6.07, 6.45) is 3.14. The first-order valence-electron chi connectivity index (χ1n) is 6.27. The summed E-state index contributed by atoms with van der Waals surface area (Å²) >= 11 is 0. The summed E-state index contributed by atoms with van der Waals surface area (Å²) in [5.74, 6) is 1.85. The molecular weight excluding hydrogens is 214 g/mol. The van der Waals surface area contributed by atoms with Crippen LogP contribution in [0.1, 0.15) is 29.5 Å². The number of ether oxygens (including phenoxy) is 2. The van der Waals surface area contributed by atoms with Gasteiger partial charge >= 0.3 is 0 Å². The van der Waals surface area contributed by atoms with Crippen LogP contribution in [0.5, 0.6) is 11.5 Å². The Hall–Kier alpha value is -1.22. The molecule has 0 radical (unpaired) electrons. The van der Waals surface area contributed by atoms with Crippen LogP contribution in [0.25, 0.3) is 0 Å². The van der Waals surface area contributed by atoms with Crippen molar-refractivity contribution in [2.75, 3.05) is 13.2 Å². The zero-order chi connectivity index (χ0) is 12.0. The van der Waals surface area contributed by atoms with E-state index in [-0.39, 0.29) is 5.54 Å². The largest absolute Gasteiger partial charge is 0.486 e. The Kier molecular flexibility index (Phi) is 2.33. The number of rotatable bonds is 2. The molecule has 0 unspecified atom stereocenters. The minimum atomic E-state index is 0.0102. The van der Waals surface area contributed by atoms with Gasteiger partial charge in [-0.15, -0.1) is 0 Å². The Morgan fingerprint density at radius 2 is 1.82 bits per heavy atom. The lowest BCUT2D eigenvalue weighted by molar-refractivity contribution is 0.168. The Balaban J connectivity index is 2.04. The van der Waals surface area contributed by atoms with Gasteiger partial charge in [0, 0.05) is 11.1 Å². The summed E-state index contributed by atoms with van der Waals surface area (Å²) in [6, 6.07) is 2.20. The Bertz CT molecular complexity index is 464. The van der Waals surface area contributed by atoms with Crippen molar-refractivity contribution in [2.45, 2.75) is 38.6 Å². The molecule has 0 amide bonds. The number of fused-ring (bicyclic) bond motifs is 1. The molecule has 0 atom stereocenters. The third kappa shape index (κ3) is 1.89. The topological polar surface area (TPSA) is 44.5 Å². The van der Waals surface area contributed by atoms with Gasteiger partial charge in [-0.3, -0.25) is 0 Å². The van der Waals surface area contributed by atoms with E-state index < -0.39 is 0 Å². The molecule has 0 saturated heterocycles. The number of nitrogens with two attached hydrogens (primary N) is 1. The van der Waals surface area contributed by atoms with Crippen LogP contribution in [0.4, 0.5) is 0 Å². The molecule has 1 aromatic rings. The molecule has 3 heteroatoms. The van der Waals surface area contributed by atoms with Crippen molar-refractivity contribution >= 4 is 0 Å². The quantitative estimate of drug-likeness (QED) is 0.851. The summed E-state index contributed by atoms with van der Waals surface area (Å²) in [5, 5.41) is 0. The van der Waals surface area contributed by atoms with Crippen LogP contribution in [0.15, 0.2) is 6.07 Å². The second-order valence-electron chi connectivity index (χ2n) is 5.37. The Labute approximate surface area is 102 Å². The summed E-state index contributed by atoms with van der Waals surface area (Å²) < 4.78 is 11.5. The fraction of sp³-hybridized carbons (Fsp3) is 0.571. The van der Waals surface area contributed by atoms with E-state index in [4.69, 9.17) is 15.2 Å². The van der Waals surface area contributed by atoms with Gasteiger partial charge in [0.1, 0.15) is 13.2 Å². The molecule has 0 aromatic heterocycles. The first-order valence-corrected chi connectivity index (χ1v) is 6.27. The van der Waals surface area contributed by atoms with E-state index in [1.54, 1.807) is 0 Å². The summed E-state index contributed by atoms with van der Waals surface area (Å²) in [7, 11) is 0. The van der Waals surface area contributed by atoms with Crippen LogP contribution in [0.3, 0.4) is 0 Å². The average Bonchev–Trinajstić information content (AvgIpc) is 3.04. The van der Waals surface area contributed by atoms with Gasteiger partial charge in [-0.1, -0.05) is 6.07 Å². The zero-order valence-corrected chi connectivity index (χ0v) is 10.5. The predicted octanol–water partition coefficient (Wildman–Crippen LogP) is 2.11. The third-order valence-electron chi connectivity index (χ3n) is 3.83. The van der Waals surface area contributed by atoms with Crippen LogP contribution in [0.2, 0.25) is 0 Å². The first kappa shape index (κ1) is 10.9. The molecule has 1 saturated carbocycles. The summed E-state index contributed by atoms with van der Waals surface area (Å²) in [5.41, 5.74) is 9.87. The van der Waals surface area contributed by atoms with Gasteiger partial charge in [-0.2, -0.15) is 0 Å². The SMILES string of the molecule is Cc1cc(CC2(N)CC2)c2c(c1C)OCCO2. The molecule has 0 spiro atoms. The predicted molar refractivity (Wildman–Crippen MR) is 66.8 cm³/mol. The average molecular weight is 233 g/mol. The molecule has 2 aliphatic rings. The number of benzene rings is 1. The smallest absolute Gasteiger partial charge is 0.164 e. The van der Waals surface area contributed by atoms with Crippen LogP contribution < -0.4 is 15.2 Å². The van der Waals surface area contributed by atoms with Crippen molar-refractivity contribution in [2.24, 2.45) is 5.73 Å². The third-order valence-corrected chi connectivity index (χ3v) is 3.83. The Morgan fingerprint density at radius 1 is 1.18 bits per heavy atom. The van der Waals surface area contributed by atoms with Crippen LogP contribution in [-0.4, -0.2) is 18.8 Å². The zero-order valence-electron chi connectivity index (χ0n) is 10.5. The number of aryl methyl sites for hydroxylation is 1. The minimum absolute atomic E-state index is 0.0102. The highest BCUT2D eigenvalue weighted by molar-refractivity contribution is 5.56. The molecule has 0 bridgehead atoms.